The number of hydrogen-bond acceptors (Lipinski definition) is 2. The van der Waals surface area contributed by atoms with Crippen molar-refractivity contribution in [2.75, 3.05) is 33.7 Å². The largest absolute Gasteiger partial charge is 0.361 e. The van der Waals surface area contributed by atoms with Crippen molar-refractivity contribution in [2.24, 2.45) is 0 Å². The van der Waals surface area contributed by atoms with Crippen LogP contribution >= 0.6 is 0 Å². The Hall–Kier alpha value is -2.01. The van der Waals surface area contributed by atoms with Crippen LogP contribution in [0.15, 0.2) is 30.5 Å². The Morgan fingerprint density at radius 2 is 2.04 bits per heavy atom. The lowest BCUT2D eigenvalue weighted by atomic mass is 10.1. The number of nitrogens with zero attached hydrogens (tertiary/aromatic N) is 2. The van der Waals surface area contributed by atoms with Crippen LogP contribution in [0.2, 0.25) is 0 Å². The molecule has 1 aromatic heterocycles. The number of carbonyl (C=O) groups is 1. The number of nitrogens with one attached hydrogen (secondary N) is 2. The fourth-order valence-corrected chi connectivity index (χ4v) is 3.03. The maximum absolute atomic E-state index is 12.4. The molecule has 1 heterocycles. The molecule has 0 aliphatic carbocycles. The third kappa shape index (κ3) is 4.48. The highest BCUT2D eigenvalue weighted by Gasteiger charge is 2.18. The van der Waals surface area contributed by atoms with Gasteiger partial charge in [-0.2, -0.15) is 0 Å². The molecule has 5 heteroatoms. The average molecular weight is 316 g/mol. The van der Waals surface area contributed by atoms with Gasteiger partial charge >= 0.3 is 6.03 Å². The van der Waals surface area contributed by atoms with Crippen molar-refractivity contribution in [1.82, 2.24) is 20.1 Å². The summed E-state index contributed by atoms with van der Waals surface area (Å²) >= 11 is 0. The lowest BCUT2D eigenvalue weighted by Crippen LogP contribution is -2.48. The minimum atomic E-state index is 0.0155. The first kappa shape index (κ1) is 17.3. The molecule has 0 fully saturated rings. The first-order chi connectivity index (χ1) is 11.0. The Kier molecular flexibility index (Phi) is 6.04. The zero-order valence-electron chi connectivity index (χ0n) is 14.6. The van der Waals surface area contributed by atoms with Crippen LogP contribution in [0.5, 0.6) is 0 Å². The number of benzene rings is 1. The van der Waals surface area contributed by atoms with E-state index in [0.29, 0.717) is 13.1 Å². The summed E-state index contributed by atoms with van der Waals surface area (Å²) in [7, 11) is 4.05. The molecule has 0 aliphatic rings. The summed E-state index contributed by atoms with van der Waals surface area (Å²) in [5, 5.41) is 4.28. The molecule has 0 unspecified atom stereocenters. The van der Waals surface area contributed by atoms with Crippen LogP contribution in [0.3, 0.4) is 0 Å². The number of amides is 2. The third-order valence-electron chi connectivity index (χ3n) is 4.11. The zero-order valence-corrected chi connectivity index (χ0v) is 14.6. The fourth-order valence-electron chi connectivity index (χ4n) is 3.03. The summed E-state index contributed by atoms with van der Waals surface area (Å²) in [6, 6.07) is 8.46. The number of aromatic amines is 1. The van der Waals surface area contributed by atoms with Crippen LogP contribution in [-0.2, 0) is 6.42 Å². The minimum Gasteiger partial charge on any atom is -0.361 e. The van der Waals surface area contributed by atoms with Crippen LogP contribution in [-0.4, -0.2) is 60.6 Å². The summed E-state index contributed by atoms with van der Waals surface area (Å²) in [4.78, 5) is 19.6. The highest BCUT2D eigenvalue weighted by molar-refractivity contribution is 5.83. The van der Waals surface area contributed by atoms with E-state index in [9.17, 15) is 4.79 Å². The molecule has 2 N–H and O–H groups in total. The number of aromatic nitrogens is 1. The van der Waals surface area contributed by atoms with E-state index < -0.39 is 0 Å². The van der Waals surface area contributed by atoms with Crippen LogP contribution < -0.4 is 5.32 Å². The molecule has 23 heavy (non-hydrogen) atoms. The molecule has 2 rings (SSSR count). The Balaban J connectivity index is 1.88. The first-order valence-electron chi connectivity index (χ1n) is 8.27. The van der Waals surface area contributed by atoms with Crippen molar-refractivity contribution in [3.63, 3.8) is 0 Å². The second-order valence-corrected chi connectivity index (χ2v) is 6.24. The quantitative estimate of drug-likeness (QED) is 0.825. The Bertz CT molecular complexity index is 635. The van der Waals surface area contributed by atoms with Crippen molar-refractivity contribution in [3.8, 4) is 0 Å². The van der Waals surface area contributed by atoms with Gasteiger partial charge in [-0.15, -0.1) is 0 Å². The topological polar surface area (TPSA) is 51.4 Å². The van der Waals surface area contributed by atoms with Crippen LogP contribution in [0.25, 0.3) is 10.9 Å². The SMILES string of the molecule is CCN(C(=O)NCCc1c[nH]c2ccccc12)[C@@H](C)CN(C)C. The predicted molar refractivity (Wildman–Crippen MR) is 95.8 cm³/mol. The van der Waals surface area contributed by atoms with E-state index in [0.717, 1.165) is 18.5 Å². The second-order valence-electron chi connectivity index (χ2n) is 6.24. The van der Waals surface area contributed by atoms with Crippen molar-refractivity contribution in [3.05, 3.63) is 36.0 Å². The number of likely N-dealkylation sites (N-methyl/N-ethyl adjacent to an activating group) is 2. The van der Waals surface area contributed by atoms with Crippen molar-refractivity contribution in [1.29, 1.82) is 0 Å². The second kappa shape index (κ2) is 8.02. The predicted octanol–water partition coefficient (Wildman–Crippen LogP) is 2.69. The standard InChI is InChI=1S/C18H28N4O/c1-5-22(14(2)13-21(3)4)18(23)19-11-10-15-12-20-17-9-7-6-8-16(15)17/h6-9,12,14,20H,5,10-11,13H2,1-4H3,(H,19,23)/t14-/m0/s1. The van der Waals surface area contributed by atoms with E-state index in [-0.39, 0.29) is 12.1 Å². The maximum Gasteiger partial charge on any atom is 0.317 e. The van der Waals surface area contributed by atoms with Gasteiger partial charge in [-0.05, 0) is 46.0 Å². The molecule has 0 aliphatic heterocycles. The molecule has 1 aromatic carbocycles. The van der Waals surface area contributed by atoms with E-state index in [4.69, 9.17) is 0 Å². The van der Waals surface area contributed by atoms with Gasteiger partial charge < -0.3 is 20.1 Å². The fraction of sp³-hybridized carbons (Fsp3) is 0.500. The molecule has 0 bridgehead atoms. The first-order valence-corrected chi connectivity index (χ1v) is 8.27. The number of urea groups is 1. The Morgan fingerprint density at radius 3 is 2.74 bits per heavy atom. The van der Waals surface area contributed by atoms with Crippen LogP contribution in [0, 0.1) is 0 Å². The lowest BCUT2D eigenvalue weighted by Gasteiger charge is -2.30. The van der Waals surface area contributed by atoms with Crippen LogP contribution in [0.1, 0.15) is 19.4 Å². The van der Waals surface area contributed by atoms with E-state index >= 15 is 0 Å². The van der Waals surface area contributed by atoms with Gasteiger partial charge in [0.15, 0.2) is 0 Å². The molecule has 0 saturated heterocycles. The smallest absolute Gasteiger partial charge is 0.317 e. The van der Waals surface area contributed by atoms with Gasteiger partial charge in [0.25, 0.3) is 0 Å². The molecular weight excluding hydrogens is 288 g/mol. The molecule has 2 amide bonds. The number of H-pyrrole nitrogens is 1. The van der Waals surface area contributed by atoms with E-state index in [1.165, 1.54) is 10.9 Å². The van der Waals surface area contributed by atoms with Crippen molar-refractivity contribution >= 4 is 16.9 Å². The number of carbonyl (C=O) groups excluding carboxylic acids is 1. The number of para-hydroxylation sites is 1. The van der Waals surface area contributed by atoms with Crippen molar-refractivity contribution < 1.29 is 4.79 Å². The summed E-state index contributed by atoms with van der Waals surface area (Å²) in [6.45, 7) is 6.33. The third-order valence-corrected chi connectivity index (χ3v) is 4.11. The van der Waals surface area contributed by atoms with Gasteiger partial charge in [-0.25, -0.2) is 4.79 Å². The molecule has 0 saturated carbocycles. The number of rotatable bonds is 7. The normalized spacial score (nSPS) is 12.6. The van der Waals surface area contributed by atoms with E-state index in [2.05, 4.69) is 34.3 Å². The Morgan fingerprint density at radius 1 is 1.30 bits per heavy atom. The van der Waals surface area contributed by atoms with Crippen molar-refractivity contribution in [2.45, 2.75) is 26.3 Å². The van der Waals surface area contributed by atoms with Gasteiger partial charge in [-0.3, -0.25) is 0 Å². The van der Waals surface area contributed by atoms with Gasteiger partial charge in [-0.1, -0.05) is 18.2 Å². The summed E-state index contributed by atoms with van der Waals surface area (Å²) in [5.74, 6) is 0. The molecule has 0 spiro atoms. The number of hydrogen-bond donors (Lipinski definition) is 2. The van der Waals surface area contributed by atoms with Gasteiger partial charge in [0.05, 0.1) is 0 Å². The minimum absolute atomic E-state index is 0.0155. The molecule has 2 aromatic rings. The van der Waals surface area contributed by atoms with E-state index in [1.807, 2.05) is 44.2 Å². The summed E-state index contributed by atoms with van der Waals surface area (Å²) < 4.78 is 0. The van der Waals surface area contributed by atoms with Gasteiger partial charge in [0, 0.05) is 42.8 Å². The van der Waals surface area contributed by atoms with Gasteiger partial charge in [0.1, 0.15) is 0 Å². The lowest BCUT2D eigenvalue weighted by molar-refractivity contribution is 0.169. The Labute approximate surface area is 138 Å². The summed E-state index contributed by atoms with van der Waals surface area (Å²) in [6.07, 6.45) is 2.86. The van der Waals surface area contributed by atoms with Crippen LogP contribution in [0.4, 0.5) is 4.79 Å². The summed E-state index contributed by atoms with van der Waals surface area (Å²) in [5.41, 5.74) is 2.38. The van der Waals surface area contributed by atoms with E-state index in [1.54, 1.807) is 0 Å². The average Bonchev–Trinajstić information content (AvgIpc) is 2.91. The molecule has 5 nitrogen and oxygen atoms in total. The maximum atomic E-state index is 12.4. The molecular formula is C18H28N4O. The number of fused-ring (bicyclic) bond motifs is 1. The van der Waals surface area contributed by atoms with Gasteiger partial charge in [0.2, 0.25) is 0 Å². The highest BCUT2D eigenvalue weighted by atomic mass is 16.2. The highest BCUT2D eigenvalue weighted by Crippen LogP contribution is 2.17. The molecule has 126 valence electrons. The zero-order chi connectivity index (χ0) is 16.8. The monoisotopic (exact) mass is 316 g/mol. The molecule has 1 atom stereocenters. The molecule has 0 radical (unpaired) electrons.